The van der Waals surface area contributed by atoms with Crippen LogP contribution in [0.15, 0.2) is 11.6 Å². The van der Waals surface area contributed by atoms with E-state index in [1.165, 1.54) is 44.9 Å². The maximum absolute atomic E-state index is 12.6. The Morgan fingerprint density at radius 1 is 1.04 bits per heavy atom. The molecule has 2 bridgehead atoms. The number of fused-ring (bicyclic) bond motifs is 2. The van der Waals surface area contributed by atoms with Crippen LogP contribution in [0, 0.1) is 5.92 Å². The normalized spacial score (nSPS) is 29.7. The molecule has 0 spiro atoms. The van der Waals surface area contributed by atoms with Gasteiger partial charge in [-0.2, -0.15) is 0 Å². The minimum Gasteiger partial charge on any atom is -0.444 e. The topological polar surface area (TPSA) is 29.5 Å². The fourth-order valence-corrected chi connectivity index (χ4v) is 4.61. The van der Waals surface area contributed by atoms with Crippen LogP contribution in [0.2, 0.25) is 0 Å². The number of nitrogens with zero attached hydrogens (tertiary/aromatic N) is 1. The lowest BCUT2D eigenvalue weighted by atomic mass is 9.78. The number of carbonyl (C=O) groups is 1. The summed E-state index contributed by atoms with van der Waals surface area (Å²) in [6.45, 7) is 5.87. The van der Waals surface area contributed by atoms with Gasteiger partial charge in [-0.3, -0.25) is 4.90 Å². The molecule has 0 aromatic carbocycles. The Morgan fingerprint density at radius 2 is 1.74 bits per heavy atom. The lowest BCUT2D eigenvalue weighted by molar-refractivity contribution is -0.00210. The first kappa shape index (κ1) is 16.9. The van der Waals surface area contributed by atoms with E-state index in [1.807, 2.05) is 20.8 Å². The number of amides is 1. The molecule has 2 heterocycles. The van der Waals surface area contributed by atoms with E-state index in [1.54, 1.807) is 5.57 Å². The zero-order valence-corrected chi connectivity index (χ0v) is 15.1. The van der Waals surface area contributed by atoms with Crippen molar-refractivity contribution in [3.05, 3.63) is 11.6 Å². The summed E-state index contributed by atoms with van der Waals surface area (Å²) in [6.07, 6.45) is 15.2. The number of piperidine rings is 1. The molecule has 3 nitrogen and oxygen atoms in total. The van der Waals surface area contributed by atoms with E-state index in [0.717, 1.165) is 25.2 Å². The number of carbonyl (C=O) groups excluding carboxylic acids is 1. The molecule has 23 heavy (non-hydrogen) atoms. The molecule has 1 saturated heterocycles. The second-order valence-electron chi connectivity index (χ2n) is 8.67. The highest BCUT2D eigenvalue weighted by Crippen LogP contribution is 2.40. The van der Waals surface area contributed by atoms with Gasteiger partial charge in [-0.1, -0.05) is 37.3 Å². The van der Waals surface area contributed by atoms with Crippen LogP contribution in [0.4, 0.5) is 4.79 Å². The Labute approximate surface area is 141 Å². The molecule has 1 saturated carbocycles. The van der Waals surface area contributed by atoms with Crippen LogP contribution in [0.25, 0.3) is 0 Å². The Kier molecular flexibility index (Phi) is 5.03. The molecule has 0 radical (unpaired) electrons. The largest absolute Gasteiger partial charge is 0.444 e. The number of rotatable bonds is 1. The van der Waals surface area contributed by atoms with E-state index in [2.05, 4.69) is 11.0 Å². The van der Waals surface area contributed by atoms with E-state index in [9.17, 15) is 4.79 Å². The van der Waals surface area contributed by atoms with Crippen LogP contribution < -0.4 is 0 Å². The van der Waals surface area contributed by atoms with Crippen molar-refractivity contribution in [1.29, 1.82) is 0 Å². The SMILES string of the molecule is CC(C)(C)OC(=O)N1C2C=C(C3CCCCCC3)CC1CCC2. The summed E-state index contributed by atoms with van der Waals surface area (Å²) in [5.74, 6) is 0.779. The Bertz CT molecular complexity index is 455. The first-order valence-electron chi connectivity index (χ1n) is 9.66. The summed E-state index contributed by atoms with van der Waals surface area (Å²) in [5, 5.41) is 0. The molecule has 0 aromatic rings. The number of hydrogen-bond donors (Lipinski definition) is 0. The third-order valence-corrected chi connectivity index (χ3v) is 5.65. The molecular formula is C20H33NO2. The first-order valence-corrected chi connectivity index (χ1v) is 9.66. The molecule has 1 amide bonds. The quantitative estimate of drug-likeness (QED) is 0.475. The lowest BCUT2D eigenvalue weighted by Gasteiger charge is -2.46. The third kappa shape index (κ3) is 4.10. The van der Waals surface area contributed by atoms with Gasteiger partial charge in [0.2, 0.25) is 0 Å². The van der Waals surface area contributed by atoms with Gasteiger partial charge in [0.25, 0.3) is 0 Å². The minimum atomic E-state index is -0.406. The van der Waals surface area contributed by atoms with Gasteiger partial charge in [0.05, 0.1) is 6.04 Å². The maximum Gasteiger partial charge on any atom is 0.411 e. The van der Waals surface area contributed by atoms with E-state index in [-0.39, 0.29) is 12.1 Å². The van der Waals surface area contributed by atoms with E-state index in [0.29, 0.717) is 6.04 Å². The summed E-state index contributed by atoms with van der Waals surface area (Å²) in [6, 6.07) is 0.641. The minimum absolute atomic E-state index is 0.108. The molecule has 3 heteroatoms. The smallest absolute Gasteiger partial charge is 0.411 e. The average Bonchev–Trinajstić information content (AvgIpc) is 2.73. The Balaban J connectivity index is 1.74. The molecule has 3 rings (SSSR count). The molecule has 2 aliphatic heterocycles. The van der Waals surface area contributed by atoms with Gasteiger partial charge in [-0.15, -0.1) is 0 Å². The Morgan fingerprint density at radius 3 is 2.35 bits per heavy atom. The fourth-order valence-electron chi connectivity index (χ4n) is 4.61. The second kappa shape index (κ2) is 6.86. The van der Waals surface area contributed by atoms with Crippen LogP contribution >= 0.6 is 0 Å². The first-order chi connectivity index (χ1) is 10.9. The summed E-state index contributed by atoms with van der Waals surface area (Å²) < 4.78 is 5.67. The van der Waals surface area contributed by atoms with Crippen LogP contribution in [0.1, 0.15) is 85.0 Å². The molecule has 0 aromatic heterocycles. The zero-order valence-electron chi connectivity index (χ0n) is 15.1. The predicted octanol–water partition coefficient (Wildman–Crippen LogP) is 5.45. The van der Waals surface area contributed by atoms with Crippen molar-refractivity contribution in [1.82, 2.24) is 4.90 Å². The van der Waals surface area contributed by atoms with Crippen molar-refractivity contribution < 1.29 is 9.53 Å². The van der Waals surface area contributed by atoms with Gasteiger partial charge in [0, 0.05) is 6.04 Å². The summed E-state index contributed by atoms with van der Waals surface area (Å²) >= 11 is 0. The molecule has 2 fully saturated rings. The molecular weight excluding hydrogens is 286 g/mol. The maximum atomic E-state index is 12.6. The van der Waals surface area contributed by atoms with Crippen LogP contribution in [-0.2, 0) is 4.74 Å². The van der Waals surface area contributed by atoms with Crippen LogP contribution in [-0.4, -0.2) is 28.7 Å². The van der Waals surface area contributed by atoms with Gasteiger partial charge in [-0.25, -0.2) is 4.79 Å². The van der Waals surface area contributed by atoms with Gasteiger partial charge < -0.3 is 4.74 Å². The van der Waals surface area contributed by atoms with E-state index >= 15 is 0 Å². The molecule has 3 aliphatic rings. The number of hydrogen-bond acceptors (Lipinski definition) is 2. The van der Waals surface area contributed by atoms with E-state index < -0.39 is 5.60 Å². The van der Waals surface area contributed by atoms with Crippen LogP contribution in [0.3, 0.4) is 0 Å². The van der Waals surface area contributed by atoms with Gasteiger partial charge in [-0.05, 0) is 65.2 Å². The summed E-state index contributed by atoms with van der Waals surface area (Å²) in [4.78, 5) is 14.7. The van der Waals surface area contributed by atoms with Gasteiger partial charge in [0.1, 0.15) is 5.60 Å². The van der Waals surface area contributed by atoms with Crippen molar-refractivity contribution in [3.63, 3.8) is 0 Å². The van der Waals surface area contributed by atoms with Crippen LogP contribution in [0.5, 0.6) is 0 Å². The van der Waals surface area contributed by atoms with Gasteiger partial charge in [0.15, 0.2) is 0 Å². The number of ether oxygens (including phenoxy) is 1. The average molecular weight is 319 g/mol. The molecule has 1 aliphatic carbocycles. The third-order valence-electron chi connectivity index (χ3n) is 5.65. The van der Waals surface area contributed by atoms with Crippen molar-refractivity contribution in [2.45, 2.75) is 103 Å². The molecule has 130 valence electrons. The molecule has 0 N–H and O–H groups in total. The lowest BCUT2D eigenvalue weighted by Crippen LogP contribution is -2.53. The monoisotopic (exact) mass is 319 g/mol. The van der Waals surface area contributed by atoms with Gasteiger partial charge >= 0.3 is 6.09 Å². The van der Waals surface area contributed by atoms with Crippen molar-refractivity contribution in [2.24, 2.45) is 5.92 Å². The standard InChI is InChI=1S/C20H33NO2/c1-20(2,3)23-19(22)21-17-11-8-12-18(21)14-16(13-17)15-9-6-4-5-7-10-15/h13,15,17-18H,4-12,14H2,1-3H3. The highest BCUT2D eigenvalue weighted by molar-refractivity contribution is 5.70. The van der Waals surface area contributed by atoms with Crippen molar-refractivity contribution in [2.75, 3.05) is 0 Å². The summed E-state index contributed by atoms with van der Waals surface area (Å²) in [7, 11) is 0. The Hall–Kier alpha value is -0.990. The molecule has 2 unspecified atom stereocenters. The molecule has 2 atom stereocenters. The highest BCUT2D eigenvalue weighted by Gasteiger charge is 2.40. The highest BCUT2D eigenvalue weighted by atomic mass is 16.6. The second-order valence-corrected chi connectivity index (χ2v) is 8.67. The van der Waals surface area contributed by atoms with E-state index in [4.69, 9.17) is 4.74 Å². The zero-order chi connectivity index (χ0) is 16.4. The fraction of sp³-hybridized carbons (Fsp3) is 0.850. The van der Waals surface area contributed by atoms with Crippen molar-refractivity contribution in [3.8, 4) is 0 Å². The predicted molar refractivity (Wildman–Crippen MR) is 93.4 cm³/mol. The van der Waals surface area contributed by atoms with Crippen molar-refractivity contribution >= 4 is 6.09 Å². The summed E-state index contributed by atoms with van der Waals surface area (Å²) in [5.41, 5.74) is 1.25.